The van der Waals surface area contributed by atoms with Gasteiger partial charge in [0.1, 0.15) is 15.7 Å². The number of carbonyl (C=O) groups is 1. The van der Waals surface area contributed by atoms with Gasteiger partial charge in [-0.05, 0) is 61.9 Å². The fraction of sp³-hybridized carbons (Fsp3) is 0.0833. The number of hydrogen-bond acceptors (Lipinski definition) is 8. The summed E-state index contributed by atoms with van der Waals surface area (Å²) in [5, 5.41) is 21.1. The van der Waals surface area contributed by atoms with Crippen LogP contribution in [0.15, 0.2) is 93.3 Å². The van der Waals surface area contributed by atoms with Crippen LogP contribution in [0, 0.1) is 6.92 Å². The minimum absolute atomic E-state index is 0. The van der Waals surface area contributed by atoms with Gasteiger partial charge in [-0.2, -0.15) is 13.5 Å². The molecule has 9 nitrogen and oxygen atoms in total. The molecular weight excluding hydrogens is 511 g/mol. The summed E-state index contributed by atoms with van der Waals surface area (Å²) in [6, 6.07) is 18.8. The van der Waals surface area contributed by atoms with Crippen LogP contribution in [0.2, 0.25) is 0 Å². The van der Waals surface area contributed by atoms with Gasteiger partial charge in [-0.15, -0.1) is 16.5 Å². The Balaban J connectivity index is 0.00000361. The summed E-state index contributed by atoms with van der Waals surface area (Å²) >= 11 is 1.15. The average molecular weight is 532 g/mol. The number of aromatic nitrogens is 1. The largest absolute Gasteiger partial charge is 1.00 e. The first-order chi connectivity index (χ1) is 16.6. The second kappa shape index (κ2) is 11.4. The number of azo groups is 1. The van der Waals surface area contributed by atoms with Crippen LogP contribution in [-0.4, -0.2) is 29.0 Å². The number of aliphatic hydroxyl groups is 1. The molecule has 0 radical (unpaired) electrons. The first-order valence-electron chi connectivity index (χ1n) is 10.3. The summed E-state index contributed by atoms with van der Waals surface area (Å²) in [4.78, 5) is 16.8. The van der Waals surface area contributed by atoms with E-state index in [0.29, 0.717) is 37.7 Å². The number of anilines is 1. The normalized spacial score (nSPS) is 12.3. The molecular formula is C24H20N4NaO5S2+. The number of hydrogen-bond donors (Lipinski definition) is 3. The van der Waals surface area contributed by atoms with Crippen molar-refractivity contribution in [3.63, 3.8) is 0 Å². The predicted octanol–water partition coefficient (Wildman–Crippen LogP) is 3.03. The second-order valence-electron chi connectivity index (χ2n) is 7.55. The molecule has 3 aromatic carbocycles. The number of thiazole rings is 1. The van der Waals surface area contributed by atoms with Crippen LogP contribution >= 0.6 is 11.3 Å². The van der Waals surface area contributed by atoms with Crippen molar-refractivity contribution in [2.24, 2.45) is 10.2 Å². The van der Waals surface area contributed by atoms with E-state index in [0.717, 1.165) is 11.3 Å². The summed E-state index contributed by atoms with van der Waals surface area (Å²) < 4.78 is 33.7. The number of para-hydroxylation sites is 1. The number of nitrogens with zero attached hydrogens (tertiary/aromatic N) is 3. The molecule has 0 atom stereocenters. The number of amides is 1. The minimum atomic E-state index is -4.40. The standard InChI is InChI=1S/C24H20N4O5S2.Na/c1-14-8-13-19-21(22(14)35(31,32)33)34-24(26-19)16-9-11-18(12-10-16)27-28-20(15(2)29)23(30)25-17-6-4-3-5-7-17;/h3-13,29H,1-2H3,(H,25,30)(H,31,32,33);/q;+1/b20-15-,28-27?;. The molecule has 0 saturated heterocycles. The number of benzene rings is 3. The predicted molar refractivity (Wildman–Crippen MR) is 135 cm³/mol. The average Bonchev–Trinajstić information content (AvgIpc) is 3.23. The maximum atomic E-state index is 12.5. The van der Waals surface area contributed by atoms with Crippen molar-refractivity contribution in [3.05, 3.63) is 83.7 Å². The SMILES string of the molecule is C/C(O)=C(/N=Nc1ccc(-c2nc3ccc(C)c(S(=O)(=O)O)c3s2)cc1)C(=O)Nc1ccccc1.[Na+]. The summed E-state index contributed by atoms with van der Waals surface area (Å²) in [5.41, 5.74) is 2.36. The van der Waals surface area contributed by atoms with E-state index in [9.17, 15) is 22.9 Å². The maximum Gasteiger partial charge on any atom is 1.00 e. The van der Waals surface area contributed by atoms with Crippen LogP contribution < -0.4 is 34.9 Å². The Bertz CT molecular complexity index is 1580. The van der Waals surface area contributed by atoms with Crippen LogP contribution in [0.25, 0.3) is 20.8 Å². The molecule has 1 amide bonds. The van der Waals surface area contributed by atoms with E-state index in [2.05, 4.69) is 20.5 Å². The number of carbonyl (C=O) groups excluding carboxylic acids is 1. The van der Waals surface area contributed by atoms with Crippen LogP contribution in [0.5, 0.6) is 0 Å². The van der Waals surface area contributed by atoms with E-state index < -0.39 is 16.0 Å². The van der Waals surface area contributed by atoms with Crippen molar-refractivity contribution in [1.82, 2.24) is 4.98 Å². The molecule has 12 heteroatoms. The van der Waals surface area contributed by atoms with Crippen LogP contribution in [-0.2, 0) is 14.9 Å². The van der Waals surface area contributed by atoms with E-state index in [4.69, 9.17) is 0 Å². The van der Waals surface area contributed by atoms with Crippen molar-refractivity contribution in [1.29, 1.82) is 0 Å². The molecule has 0 saturated carbocycles. The Morgan fingerprint density at radius 3 is 2.31 bits per heavy atom. The summed E-state index contributed by atoms with van der Waals surface area (Å²) in [6.45, 7) is 2.95. The van der Waals surface area contributed by atoms with Gasteiger partial charge in [0, 0.05) is 11.3 Å². The van der Waals surface area contributed by atoms with Crippen LogP contribution in [0.3, 0.4) is 0 Å². The van der Waals surface area contributed by atoms with Gasteiger partial charge in [-0.3, -0.25) is 9.35 Å². The summed E-state index contributed by atoms with van der Waals surface area (Å²) in [6.07, 6.45) is 0. The summed E-state index contributed by atoms with van der Waals surface area (Å²) in [7, 11) is -4.40. The van der Waals surface area contributed by atoms with Gasteiger partial charge in [0.2, 0.25) is 0 Å². The van der Waals surface area contributed by atoms with Gasteiger partial charge in [0.05, 0.1) is 15.9 Å². The number of aryl methyl sites for hydroxylation is 1. The zero-order valence-electron chi connectivity index (χ0n) is 19.6. The zero-order valence-corrected chi connectivity index (χ0v) is 23.3. The zero-order chi connectivity index (χ0) is 25.2. The first kappa shape index (κ1) is 27.7. The Morgan fingerprint density at radius 1 is 1.03 bits per heavy atom. The number of rotatable bonds is 6. The molecule has 1 heterocycles. The van der Waals surface area contributed by atoms with Gasteiger partial charge < -0.3 is 10.4 Å². The third-order valence-electron chi connectivity index (χ3n) is 4.94. The Kier molecular flexibility index (Phi) is 8.77. The third-order valence-corrected chi connectivity index (χ3v) is 7.25. The van der Waals surface area contributed by atoms with E-state index in [1.54, 1.807) is 67.6 Å². The molecule has 4 rings (SSSR count). The number of fused-ring (bicyclic) bond motifs is 1. The van der Waals surface area contributed by atoms with Crippen molar-refractivity contribution >= 4 is 49.0 Å². The molecule has 0 spiro atoms. The molecule has 3 N–H and O–H groups in total. The molecule has 1 aromatic heterocycles. The third kappa shape index (κ3) is 6.25. The van der Waals surface area contributed by atoms with E-state index in [-0.39, 0.29) is 45.9 Å². The van der Waals surface area contributed by atoms with Gasteiger partial charge in [-0.1, -0.05) is 24.3 Å². The van der Waals surface area contributed by atoms with E-state index in [1.807, 2.05) is 6.07 Å². The molecule has 0 bridgehead atoms. The molecule has 0 aliphatic carbocycles. The van der Waals surface area contributed by atoms with Gasteiger partial charge in [0.25, 0.3) is 16.0 Å². The van der Waals surface area contributed by atoms with E-state index in [1.165, 1.54) is 6.92 Å². The summed E-state index contributed by atoms with van der Waals surface area (Å²) in [5.74, 6) is -0.880. The van der Waals surface area contributed by atoms with Crippen molar-refractivity contribution in [2.45, 2.75) is 18.7 Å². The first-order valence-corrected chi connectivity index (χ1v) is 12.5. The molecule has 4 aromatic rings. The van der Waals surface area contributed by atoms with Gasteiger partial charge in [0.15, 0.2) is 5.70 Å². The monoisotopic (exact) mass is 531 g/mol. The molecule has 0 aliphatic heterocycles. The molecule has 36 heavy (non-hydrogen) atoms. The Labute approximate surface area is 233 Å². The molecule has 0 aliphatic rings. The maximum absolute atomic E-state index is 12.5. The van der Waals surface area contributed by atoms with Crippen molar-refractivity contribution < 1.29 is 52.4 Å². The molecule has 178 valence electrons. The number of allylic oxidation sites excluding steroid dienone is 1. The molecule has 0 fully saturated rings. The van der Waals surface area contributed by atoms with Crippen molar-refractivity contribution in [3.8, 4) is 10.6 Å². The molecule has 0 unspecified atom stereocenters. The Hall–Kier alpha value is -2.93. The van der Waals surface area contributed by atoms with Gasteiger partial charge >= 0.3 is 29.6 Å². The fourth-order valence-electron chi connectivity index (χ4n) is 3.28. The van der Waals surface area contributed by atoms with E-state index >= 15 is 0 Å². The second-order valence-corrected chi connectivity index (χ2v) is 9.91. The Morgan fingerprint density at radius 2 is 1.69 bits per heavy atom. The smallest absolute Gasteiger partial charge is 0.510 e. The number of nitrogens with one attached hydrogen (secondary N) is 1. The van der Waals surface area contributed by atoms with Crippen LogP contribution in [0.4, 0.5) is 11.4 Å². The quantitative estimate of drug-likeness (QED) is 0.115. The fourth-order valence-corrected chi connectivity index (χ4v) is 5.60. The van der Waals surface area contributed by atoms with Crippen molar-refractivity contribution in [2.75, 3.05) is 5.32 Å². The minimum Gasteiger partial charge on any atom is -0.510 e. The van der Waals surface area contributed by atoms with Gasteiger partial charge in [-0.25, -0.2) is 4.98 Å². The number of aliphatic hydroxyl groups excluding tert-OH is 1. The topological polar surface area (TPSA) is 141 Å². The van der Waals surface area contributed by atoms with Crippen LogP contribution in [0.1, 0.15) is 12.5 Å².